The third-order valence-corrected chi connectivity index (χ3v) is 2.63. The Balaban J connectivity index is 1.91. The normalized spacial score (nSPS) is 11.6. The van der Waals surface area contributed by atoms with Crippen LogP contribution in [0, 0.1) is 0 Å². The number of pyridine rings is 1. The molecule has 0 saturated heterocycles. The molecule has 0 aliphatic heterocycles. The Hall–Kier alpha value is -2.97. The van der Waals surface area contributed by atoms with E-state index < -0.39 is 12.1 Å². The molecule has 3 rings (SSSR count). The Kier molecular flexibility index (Phi) is 3.24. The van der Waals surface area contributed by atoms with Gasteiger partial charge in [-0.15, -0.1) is 13.2 Å². The van der Waals surface area contributed by atoms with Gasteiger partial charge < -0.3 is 19.7 Å². The van der Waals surface area contributed by atoms with Crippen molar-refractivity contribution in [2.24, 2.45) is 0 Å². The summed E-state index contributed by atoms with van der Waals surface area (Å²) in [4.78, 5) is 3.96. The average Bonchev–Trinajstić information content (AvgIpc) is 2.81. The lowest BCUT2D eigenvalue weighted by Gasteiger charge is -2.13. The second-order valence-electron chi connectivity index (χ2n) is 4.17. The van der Waals surface area contributed by atoms with Crippen molar-refractivity contribution in [3.63, 3.8) is 0 Å². The first kappa shape index (κ1) is 14.0. The second kappa shape index (κ2) is 5.10. The third-order valence-electron chi connectivity index (χ3n) is 2.63. The van der Waals surface area contributed by atoms with E-state index >= 15 is 0 Å². The fourth-order valence-corrected chi connectivity index (χ4v) is 1.74. The van der Waals surface area contributed by atoms with Crippen molar-refractivity contribution in [2.75, 3.05) is 5.73 Å². The summed E-state index contributed by atoms with van der Waals surface area (Å²) >= 11 is 0. The van der Waals surface area contributed by atoms with Crippen LogP contribution in [0.25, 0.3) is 11.1 Å². The third kappa shape index (κ3) is 2.87. The molecule has 0 radical (unpaired) electrons. The van der Waals surface area contributed by atoms with E-state index in [4.69, 9.17) is 15.0 Å². The van der Waals surface area contributed by atoms with Gasteiger partial charge in [0.1, 0.15) is 0 Å². The molecular weight excluding hydrogens is 303 g/mol. The van der Waals surface area contributed by atoms with Crippen LogP contribution in [0.2, 0.25) is 0 Å². The fraction of sp³-hybridized carbons (Fsp3) is 0.0769. The van der Waals surface area contributed by atoms with Crippen molar-refractivity contribution in [1.82, 2.24) is 10.1 Å². The highest BCUT2D eigenvalue weighted by atomic mass is 19.4. The molecule has 0 unspecified atom stereocenters. The number of benzene rings is 1. The first-order chi connectivity index (χ1) is 10.4. The molecule has 2 N–H and O–H groups in total. The van der Waals surface area contributed by atoms with Crippen LogP contribution in [0.4, 0.5) is 19.0 Å². The zero-order chi connectivity index (χ0) is 15.7. The number of nitrogens with two attached hydrogens (primary N) is 1. The van der Waals surface area contributed by atoms with Crippen LogP contribution in [0.1, 0.15) is 0 Å². The lowest BCUT2D eigenvalue weighted by molar-refractivity contribution is -0.275. The molecule has 22 heavy (non-hydrogen) atoms. The average molecular weight is 311 g/mol. The highest BCUT2D eigenvalue weighted by Gasteiger charge is 2.32. The van der Waals surface area contributed by atoms with Crippen LogP contribution in [0.5, 0.6) is 17.4 Å². The molecular formula is C13H8F3N3O3. The van der Waals surface area contributed by atoms with E-state index in [2.05, 4.69) is 14.9 Å². The first-order valence-corrected chi connectivity index (χ1v) is 5.97. The quantitative estimate of drug-likeness (QED) is 0.797. The molecule has 3 aromatic rings. The van der Waals surface area contributed by atoms with Gasteiger partial charge in [-0.05, 0) is 18.2 Å². The zero-order valence-corrected chi connectivity index (χ0v) is 10.8. The second-order valence-corrected chi connectivity index (χ2v) is 4.17. The molecule has 1 aromatic carbocycles. The predicted molar refractivity (Wildman–Crippen MR) is 69.4 cm³/mol. The molecule has 0 spiro atoms. The molecule has 2 heterocycles. The number of hydrogen-bond acceptors (Lipinski definition) is 6. The molecule has 0 saturated carbocycles. The van der Waals surface area contributed by atoms with Crippen molar-refractivity contribution in [2.45, 2.75) is 6.36 Å². The summed E-state index contributed by atoms with van der Waals surface area (Å²) in [5.41, 5.74) is 5.66. The largest absolute Gasteiger partial charge is 0.573 e. The Labute approximate surface area is 121 Å². The van der Waals surface area contributed by atoms with Gasteiger partial charge in [-0.1, -0.05) is 17.3 Å². The van der Waals surface area contributed by atoms with Gasteiger partial charge in [0.25, 0.3) is 5.71 Å². The van der Waals surface area contributed by atoms with Crippen molar-refractivity contribution >= 4 is 16.9 Å². The minimum absolute atomic E-state index is 0.0156. The van der Waals surface area contributed by atoms with Gasteiger partial charge in [-0.2, -0.15) is 4.98 Å². The summed E-state index contributed by atoms with van der Waals surface area (Å²) in [6.45, 7) is 0. The van der Waals surface area contributed by atoms with E-state index in [1.165, 1.54) is 30.3 Å². The van der Waals surface area contributed by atoms with E-state index in [-0.39, 0.29) is 23.2 Å². The fourth-order valence-electron chi connectivity index (χ4n) is 1.74. The minimum Gasteiger partial charge on any atom is -0.435 e. The predicted octanol–water partition coefficient (Wildman–Crippen LogP) is 3.50. The molecule has 0 fully saturated rings. The molecule has 2 aromatic heterocycles. The van der Waals surface area contributed by atoms with E-state index in [0.29, 0.717) is 5.39 Å². The lowest BCUT2D eigenvalue weighted by atomic mass is 10.3. The van der Waals surface area contributed by atoms with Crippen LogP contribution in [0.15, 0.2) is 40.9 Å². The van der Waals surface area contributed by atoms with Crippen LogP contribution in [0.3, 0.4) is 0 Å². The number of aromatic nitrogens is 2. The number of nitrogen functional groups attached to an aromatic ring is 1. The maximum absolute atomic E-state index is 12.3. The first-order valence-electron chi connectivity index (χ1n) is 5.97. The van der Waals surface area contributed by atoms with Crippen LogP contribution < -0.4 is 15.2 Å². The Morgan fingerprint density at radius 2 is 1.77 bits per heavy atom. The number of halogens is 3. The Morgan fingerprint density at radius 3 is 2.50 bits per heavy atom. The summed E-state index contributed by atoms with van der Waals surface area (Å²) in [7, 11) is 0. The number of nitrogens with zero attached hydrogens (tertiary/aromatic N) is 2. The van der Waals surface area contributed by atoms with Crippen molar-refractivity contribution in [3.05, 3.63) is 36.4 Å². The Morgan fingerprint density at radius 1 is 1.05 bits per heavy atom. The maximum Gasteiger partial charge on any atom is 0.573 e. The lowest BCUT2D eigenvalue weighted by Crippen LogP contribution is -2.17. The molecule has 6 nitrogen and oxygen atoms in total. The van der Waals surface area contributed by atoms with Crippen LogP contribution >= 0.6 is 0 Å². The number of alkyl halides is 3. The van der Waals surface area contributed by atoms with Crippen molar-refractivity contribution in [3.8, 4) is 17.4 Å². The zero-order valence-electron chi connectivity index (χ0n) is 10.8. The maximum atomic E-state index is 12.3. The number of para-hydroxylation sites is 2. The molecule has 0 aliphatic carbocycles. The van der Waals surface area contributed by atoms with E-state index in [1.807, 2.05) is 0 Å². The SMILES string of the molecule is Nc1noc2nc(Oc3ccccc3OC(F)(F)F)ccc12. The highest BCUT2D eigenvalue weighted by molar-refractivity contribution is 5.84. The molecule has 114 valence electrons. The number of rotatable bonds is 3. The molecule has 0 amide bonds. The van der Waals surface area contributed by atoms with Gasteiger partial charge in [0, 0.05) is 6.07 Å². The van der Waals surface area contributed by atoms with Gasteiger partial charge in [0.2, 0.25) is 5.88 Å². The van der Waals surface area contributed by atoms with Crippen LogP contribution in [-0.4, -0.2) is 16.5 Å². The van der Waals surface area contributed by atoms with Gasteiger partial charge in [-0.25, -0.2) is 0 Å². The molecule has 0 atom stereocenters. The Bertz CT molecular complexity index is 817. The summed E-state index contributed by atoms with van der Waals surface area (Å²) in [6.07, 6.45) is -4.82. The standard InChI is InChI=1S/C13H8F3N3O3/c14-13(15,16)21-9-4-2-1-3-8(9)20-10-6-5-7-11(17)19-22-12(7)18-10/h1-6H,(H2,17,19). The van der Waals surface area contributed by atoms with Crippen molar-refractivity contribution in [1.29, 1.82) is 0 Å². The van der Waals surface area contributed by atoms with Gasteiger partial charge >= 0.3 is 6.36 Å². The van der Waals surface area contributed by atoms with E-state index in [0.717, 1.165) is 6.07 Å². The minimum atomic E-state index is -4.82. The smallest absolute Gasteiger partial charge is 0.435 e. The molecule has 0 bridgehead atoms. The van der Waals surface area contributed by atoms with E-state index in [1.54, 1.807) is 0 Å². The number of hydrogen-bond donors (Lipinski definition) is 1. The summed E-state index contributed by atoms with van der Waals surface area (Å²) < 4.78 is 51.1. The van der Waals surface area contributed by atoms with Crippen molar-refractivity contribution < 1.29 is 27.2 Å². The monoisotopic (exact) mass is 311 g/mol. The summed E-state index contributed by atoms with van der Waals surface area (Å²) in [6, 6.07) is 8.32. The number of ether oxygens (including phenoxy) is 2. The van der Waals surface area contributed by atoms with E-state index in [9.17, 15) is 13.2 Å². The summed E-state index contributed by atoms with van der Waals surface area (Å²) in [5, 5.41) is 4.00. The van der Waals surface area contributed by atoms with Gasteiger partial charge in [0.05, 0.1) is 5.39 Å². The molecule has 9 heteroatoms. The van der Waals surface area contributed by atoms with Crippen LogP contribution in [-0.2, 0) is 0 Å². The summed E-state index contributed by atoms with van der Waals surface area (Å²) in [5.74, 6) is -0.440. The van der Waals surface area contributed by atoms with Gasteiger partial charge in [-0.3, -0.25) is 0 Å². The highest BCUT2D eigenvalue weighted by Crippen LogP contribution is 2.35. The van der Waals surface area contributed by atoms with Gasteiger partial charge in [0.15, 0.2) is 17.3 Å². The molecule has 0 aliphatic rings. The number of anilines is 1. The topological polar surface area (TPSA) is 83.4 Å². The number of fused-ring (bicyclic) bond motifs is 1.